The van der Waals surface area contributed by atoms with E-state index in [9.17, 15) is 9.18 Å². The third kappa shape index (κ3) is 5.17. The second-order valence-electron chi connectivity index (χ2n) is 4.98. The second kappa shape index (κ2) is 7.85. The minimum atomic E-state index is -0.454. The zero-order chi connectivity index (χ0) is 15.1. The van der Waals surface area contributed by atoms with Gasteiger partial charge in [0.25, 0.3) is 5.91 Å². The van der Waals surface area contributed by atoms with Crippen LogP contribution in [0.25, 0.3) is 0 Å². The van der Waals surface area contributed by atoms with Crippen molar-refractivity contribution in [1.29, 1.82) is 0 Å². The van der Waals surface area contributed by atoms with Gasteiger partial charge in [-0.2, -0.15) is 0 Å². The van der Waals surface area contributed by atoms with Gasteiger partial charge in [0.2, 0.25) is 0 Å². The van der Waals surface area contributed by atoms with Crippen molar-refractivity contribution in [2.75, 3.05) is 13.2 Å². The molecule has 0 aliphatic heterocycles. The normalized spacial score (nSPS) is 12.3. The van der Waals surface area contributed by atoms with E-state index in [1.807, 2.05) is 27.7 Å². The summed E-state index contributed by atoms with van der Waals surface area (Å²) in [6, 6.07) is 4.91. The van der Waals surface area contributed by atoms with Crippen molar-refractivity contribution in [2.45, 2.75) is 39.8 Å². The van der Waals surface area contributed by atoms with Gasteiger partial charge < -0.3 is 15.4 Å². The summed E-state index contributed by atoms with van der Waals surface area (Å²) in [6.45, 7) is 8.31. The van der Waals surface area contributed by atoms with Crippen molar-refractivity contribution in [3.05, 3.63) is 29.6 Å². The molecule has 1 rings (SSSR count). The molecule has 0 bridgehead atoms. The number of ether oxygens (including phenoxy) is 1. The van der Waals surface area contributed by atoms with Crippen LogP contribution in [0, 0.1) is 5.82 Å². The van der Waals surface area contributed by atoms with Crippen LogP contribution in [0.15, 0.2) is 18.2 Å². The highest BCUT2D eigenvalue weighted by Crippen LogP contribution is 2.22. The number of carbonyl (C=O) groups is 1. The van der Waals surface area contributed by atoms with Crippen LogP contribution in [0.1, 0.15) is 39.3 Å². The fourth-order valence-corrected chi connectivity index (χ4v) is 1.83. The molecule has 0 fully saturated rings. The number of nitrogens with one attached hydrogen (secondary N) is 2. The quantitative estimate of drug-likeness (QED) is 0.807. The Morgan fingerprint density at radius 1 is 1.35 bits per heavy atom. The Hall–Kier alpha value is -1.62. The molecule has 0 heterocycles. The molecule has 20 heavy (non-hydrogen) atoms. The highest BCUT2D eigenvalue weighted by molar-refractivity contribution is 5.77. The van der Waals surface area contributed by atoms with E-state index in [1.54, 1.807) is 12.1 Å². The summed E-state index contributed by atoms with van der Waals surface area (Å²) in [5.74, 6) is -0.620. The summed E-state index contributed by atoms with van der Waals surface area (Å²) >= 11 is 0. The third-order valence-electron chi connectivity index (χ3n) is 2.77. The molecule has 112 valence electrons. The summed E-state index contributed by atoms with van der Waals surface area (Å²) in [5, 5.41) is 5.89. The smallest absolute Gasteiger partial charge is 0.258 e. The van der Waals surface area contributed by atoms with Crippen LogP contribution in [0.5, 0.6) is 5.75 Å². The number of halogens is 1. The van der Waals surface area contributed by atoms with Gasteiger partial charge in [-0.3, -0.25) is 4.79 Å². The molecule has 0 aliphatic rings. The van der Waals surface area contributed by atoms with Gasteiger partial charge in [0.05, 0.1) is 0 Å². The van der Waals surface area contributed by atoms with Gasteiger partial charge in [0.1, 0.15) is 0 Å². The Morgan fingerprint density at radius 2 is 2.05 bits per heavy atom. The first-order valence-electron chi connectivity index (χ1n) is 6.89. The van der Waals surface area contributed by atoms with Crippen molar-refractivity contribution in [2.24, 2.45) is 0 Å². The molecule has 1 unspecified atom stereocenters. The van der Waals surface area contributed by atoms with E-state index in [2.05, 4.69) is 10.6 Å². The van der Waals surface area contributed by atoms with Crippen LogP contribution in [-0.4, -0.2) is 25.1 Å². The summed E-state index contributed by atoms with van der Waals surface area (Å²) in [4.78, 5) is 11.4. The number of benzene rings is 1. The molecule has 0 radical (unpaired) electrons. The maximum Gasteiger partial charge on any atom is 0.258 e. The lowest BCUT2D eigenvalue weighted by Crippen LogP contribution is -2.34. The lowest BCUT2D eigenvalue weighted by Gasteiger charge is -2.14. The van der Waals surface area contributed by atoms with Crippen LogP contribution >= 0.6 is 0 Å². The molecule has 1 aromatic rings. The first-order chi connectivity index (χ1) is 9.43. The molecule has 0 saturated heterocycles. The van der Waals surface area contributed by atoms with E-state index in [0.29, 0.717) is 0 Å². The molecule has 1 amide bonds. The summed E-state index contributed by atoms with van der Waals surface area (Å²) in [7, 11) is 0. The average Bonchev–Trinajstić information content (AvgIpc) is 2.36. The SMILES string of the molecule is CCNC(C)c1ccc(OCC(=O)NC(C)C)c(F)c1. The number of hydrogen-bond donors (Lipinski definition) is 2. The standard InChI is InChI=1S/C15H23FN2O2/c1-5-17-11(4)12-6-7-14(13(16)8-12)20-9-15(19)18-10(2)3/h6-8,10-11,17H,5,9H2,1-4H3,(H,18,19). The van der Waals surface area contributed by atoms with Crippen LogP contribution in [-0.2, 0) is 4.79 Å². The van der Waals surface area contributed by atoms with Crippen molar-refractivity contribution >= 4 is 5.91 Å². The lowest BCUT2D eigenvalue weighted by atomic mass is 10.1. The van der Waals surface area contributed by atoms with Gasteiger partial charge >= 0.3 is 0 Å². The number of rotatable bonds is 7. The van der Waals surface area contributed by atoms with Crippen molar-refractivity contribution in [3.8, 4) is 5.75 Å². The number of hydrogen-bond acceptors (Lipinski definition) is 3. The molecule has 2 N–H and O–H groups in total. The zero-order valence-corrected chi connectivity index (χ0v) is 12.5. The fourth-order valence-electron chi connectivity index (χ4n) is 1.83. The Kier molecular flexibility index (Phi) is 6.45. The van der Waals surface area contributed by atoms with Crippen LogP contribution in [0.2, 0.25) is 0 Å². The summed E-state index contributed by atoms with van der Waals surface area (Å²) in [6.07, 6.45) is 0. The van der Waals surface area contributed by atoms with E-state index in [1.165, 1.54) is 6.07 Å². The van der Waals surface area contributed by atoms with Gasteiger partial charge in [0, 0.05) is 12.1 Å². The number of amides is 1. The van der Waals surface area contributed by atoms with Crippen LogP contribution in [0.3, 0.4) is 0 Å². The van der Waals surface area contributed by atoms with Crippen LogP contribution < -0.4 is 15.4 Å². The zero-order valence-electron chi connectivity index (χ0n) is 12.5. The minimum absolute atomic E-state index is 0.0410. The monoisotopic (exact) mass is 282 g/mol. The Morgan fingerprint density at radius 3 is 2.60 bits per heavy atom. The van der Waals surface area contributed by atoms with E-state index < -0.39 is 5.82 Å². The molecule has 5 heteroatoms. The average molecular weight is 282 g/mol. The predicted molar refractivity (Wildman–Crippen MR) is 77.3 cm³/mol. The Balaban J connectivity index is 2.62. The molecule has 1 aromatic carbocycles. The summed E-state index contributed by atoms with van der Waals surface area (Å²) in [5.41, 5.74) is 0.850. The largest absolute Gasteiger partial charge is 0.481 e. The molecule has 0 aliphatic carbocycles. The van der Waals surface area contributed by atoms with Crippen molar-refractivity contribution in [3.63, 3.8) is 0 Å². The first kappa shape index (κ1) is 16.4. The molecule has 1 atom stereocenters. The molecule has 0 aromatic heterocycles. The van der Waals surface area contributed by atoms with Gasteiger partial charge in [-0.25, -0.2) is 4.39 Å². The van der Waals surface area contributed by atoms with Crippen molar-refractivity contribution in [1.82, 2.24) is 10.6 Å². The van der Waals surface area contributed by atoms with Gasteiger partial charge in [-0.1, -0.05) is 13.0 Å². The van der Waals surface area contributed by atoms with Crippen molar-refractivity contribution < 1.29 is 13.9 Å². The summed E-state index contributed by atoms with van der Waals surface area (Å²) < 4.78 is 19.1. The molecule has 4 nitrogen and oxygen atoms in total. The fraction of sp³-hybridized carbons (Fsp3) is 0.533. The first-order valence-corrected chi connectivity index (χ1v) is 6.89. The molecular weight excluding hydrogens is 259 g/mol. The van der Waals surface area contributed by atoms with E-state index in [0.717, 1.165) is 12.1 Å². The molecular formula is C15H23FN2O2. The maximum absolute atomic E-state index is 13.9. The van der Waals surface area contributed by atoms with Gasteiger partial charge in [-0.05, 0) is 45.0 Å². The highest BCUT2D eigenvalue weighted by Gasteiger charge is 2.11. The minimum Gasteiger partial charge on any atom is -0.481 e. The van der Waals surface area contributed by atoms with Crippen LogP contribution in [0.4, 0.5) is 4.39 Å². The maximum atomic E-state index is 13.9. The molecule has 0 spiro atoms. The Bertz CT molecular complexity index is 449. The number of carbonyl (C=O) groups excluding carboxylic acids is 1. The van der Waals surface area contributed by atoms with E-state index in [4.69, 9.17) is 4.74 Å². The highest BCUT2D eigenvalue weighted by atomic mass is 19.1. The molecule has 0 saturated carbocycles. The van der Waals surface area contributed by atoms with E-state index >= 15 is 0 Å². The third-order valence-corrected chi connectivity index (χ3v) is 2.77. The van der Waals surface area contributed by atoms with Gasteiger partial charge in [-0.15, -0.1) is 0 Å². The van der Waals surface area contributed by atoms with E-state index in [-0.39, 0.29) is 30.3 Å². The topological polar surface area (TPSA) is 50.4 Å². The lowest BCUT2D eigenvalue weighted by molar-refractivity contribution is -0.123. The predicted octanol–water partition coefficient (Wildman–Crippen LogP) is 2.40. The van der Waals surface area contributed by atoms with Gasteiger partial charge in [0.15, 0.2) is 18.2 Å². The Labute approximate surface area is 119 Å². The second-order valence-corrected chi connectivity index (χ2v) is 4.98.